The number of carbonyl (C=O) groups is 2. The van der Waals surface area contributed by atoms with E-state index in [1.807, 2.05) is 19.1 Å². The summed E-state index contributed by atoms with van der Waals surface area (Å²) in [5, 5.41) is 27.0. The fraction of sp³-hybridized carbons (Fsp3) is 0.0455. The maximum absolute atomic E-state index is 11.0. The lowest BCUT2D eigenvalue weighted by atomic mass is 10.2. The summed E-state index contributed by atoms with van der Waals surface area (Å²) in [5.74, 6) is -1.34. The first-order valence-electron chi connectivity index (χ1n) is 9.46. The van der Waals surface area contributed by atoms with Crippen molar-refractivity contribution in [2.45, 2.75) is 6.92 Å². The molecule has 5 N–H and O–H groups in total. The minimum absolute atomic E-state index is 0.162. The molecule has 2 aromatic carbocycles. The van der Waals surface area contributed by atoms with Gasteiger partial charge >= 0.3 is 11.9 Å². The number of allylic oxidation sites excluding steroid dienone is 3. The van der Waals surface area contributed by atoms with Gasteiger partial charge in [0.05, 0.1) is 11.1 Å². The van der Waals surface area contributed by atoms with Gasteiger partial charge in [0, 0.05) is 17.6 Å². The molecule has 10 heteroatoms. The zero-order valence-electron chi connectivity index (χ0n) is 17.0. The fourth-order valence-electron chi connectivity index (χ4n) is 2.49. The van der Waals surface area contributed by atoms with Crippen molar-refractivity contribution in [2.24, 2.45) is 0 Å². The fourth-order valence-corrected chi connectivity index (χ4v) is 2.49. The first kappa shape index (κ1) is 22.0. The monoisotopic (exact) mass is 432 g/mol. The van der Waals surface area contributed by atoms with Crippen molar-refractivity contribution in [3.05, 3.63) is 84.1 Å². The van der Waals surface area contributed by atoms with Gasteiger partial charge in [0.25, 0.3) is 0 Å². The van der Waals surface area contributed by atoms with Crippen LogP contribution in [0, 0.1) is 0 Å². The van der Waals surface area contributed by atoms with Crippen LogP contribution in [0.1, 0.15) is 27.6 Å². The van der Waals surface area contributed by atoms with E-state index in [9.17, 15) is 9.59 Å². The minimum atomic E-state index is -1.02. The summed E-state index contributed by atoms with van der Waals surface area (Å²) < 4.78 is 0. The molecule has 0 aliphatic rings. The number of carboxylic acid groups (broad SMARTS) is 2. The van der Waals surface area contributed by atoms with Gasteiger partial charge in [0.15, 0.2) is 0 Å². The smallest absolute Gasteiger partial charge is 0.335 e. The first-order valence-corrected chi connectivity index (χ1v) is 9.46. The van der Waals surface area contributed by atoms with Crippen LogP contribution in [-0.4, -0.2) is 37.1 Å². The summed E-state index contributed by atoms with van der Waals surface area (Å²) in [5.41, 5.74) is 1.51. The molecule has 0 spiro atoms. The third-order valence-corrected chi connectivity index (χ3v) is 4.02. The van der Waals surface area contributed by atoms with Gasteiger partial charge in [-0.05, 0) is 61.5 Å². The Balaban J connectivity index is 1.85. The Morgan fingerprint density at radius 2 is 1.16 bits per heavy atom. The van der Waals surface area contributed by atoms with Crippen molar-refractivity contribution < 1.29 is 19.8 Å². The Hall–Kier alpha value is -4.73. The largest absolute Gasteiger partial charge is 0.478 e. The molecule has 0 radical (unpaired) electrons. The van der Waals surface area contributed by atoms with Crippen LogP contribution in [0.4, 0.5) is 29.2 Å². The molecule has 1 heterocycles. The Morgan fingerprint density at radius 1 is 0.719 bits per heavy atom. The molecule has 3 aromatic rings. The topological polar surface area (TPSA) is 149 Å². The second-order valence-electron chi connectivity index (χ2n) is 6.35. The molecule has 0 amide bonds. The number of carboxylic acids is 2. The molecule has 0 bridgehead atoms. The van der Waals surface area contributed by atoms with Crippen molar-refractivity contribution in [1.82, 2.24) is 15.0 Å². The van der Waals surface area contributed by atoms with Gasteiger partial charge in [-0.15, -0.1) is 0 Å². The molecule has 3 rings (SSSR count). The van der Waals surface area contributed by atoms with Crippen molar-refractivity contribution in [3.63, 3.8) is 0 Å². The Labute approximate surface area is 183 Å². The lowest BCUT2D eigenvalue weighted by molar-refractivity contribution is 0.0686. The number of nitrogens with one attached hydrogen (secondary N) is 3. The molecule has 162 valence electrons. The van der Waals surface area contributed by atoms with E-state index in [1.165, 1.54) is 24.3 Å². The van der Waals surface area contributed by atoms with Crippen LogP contribution in [0.15, 0.2) is 73.0 Å². The minimum Gasteiger partial charge on any atom is -0.478 e. The van der Waals surface area contributed by atoms with Crippen LogP contribution in [0.3, 0.4) is 0 Å². The quantitative estimate of drug-likeness (QED) is 0.310. The number of aromatic nitrogens is 3. The van der Waals surface area contributed by atoms with E-state index in [0.29, 0.717) is 11.4 Å². The average molecular weight is 432 g/mol. The molecule has 0 aliphatic heterocycles. The average Bonchev–Trinajstić information content (AvgIpc) is 2.77. The van der Waals surface area contributed by atoms with Crippen molar-refractivity contribution in [1.29, 1.82) is 0 Å². The molecule has 0 saturated heterocycles. The molecule has 0 atom stereocenters. The zero-order valence-corrected chi connectivity index (χ0v) is 17.0. The maximum Gasteiger partial charge on any atom is 0.335 e. The van der Waals surface area contributed by atoms with Gasteiger partial charge in [0.1, 0.15) is 0 Å². The van der Waals surface area contributed by atoms with Crippen molar-refractivity contribution in [3.8, 4) is 0 Å². The van der Waals surface area contributed by atoms with E-state index < -0.39 is 11.9 Å². The standard InChI is InChI=1S/C22H20N6O4/c1-2-3-4-13-23-20-26-21(24-16-9-5-14(6-10-16)18(29)30)28-22(27-20)25-17-11-7-15(8-12-17)19(31)32/h2-13H,1H3,(H,29,30)(H,31,32)(H3,23,24,25,26,27,28)/b3-2-,13-4-. The third-order valence-electron chi connectivity index (χ3n) is 4.02. The number of nitrogens with zero attached hydrogens (tertiary/aromatic N) is 3. The number of anilines is 5. The van der Waals surface area contributed by atoms with Crippen LogP contribution in [-0.2, 0) is 0 Å². The summed E-state index contributed by atoms with van der Waals surface area (Å²) in [6.45, 7) is 1.89. The highest BCUT2D eigenvalue weighted by atomic mass is 16.4. The van der Waals surface area contributed by atoms with Crippen molar-refractivity contribution in [2.75, 3.05) is 16.0 Å². The lowest BCUT2D eigenvalue weighted by Crippen LogP contribution is -2.07. The van der Waals surface area contributed by atoms with E-state index in [0.717, 1.165) is 0 Å². The highest BCUT2D eigenvalue weighted by Crippen LogP contribution is 2.19. The molecule has 0 unspecified atom stereocenters. The second kappa shape index (κ2) is 10.3. The van der Waals surface area contributed by atoms with Crippen LogP contribution < -0.4 is 16.0 Å². The molecule has 0 aliphatic carbocycles. The summed E-state index contributed by atoms with van der Waals surface area (Å²) >= 11 is 0. The van der Waals surface area contributed by atoms with Gasteiger partial charge < -0.3 is 26.2 Å². The van der Waals surface area contributed by atoms with Gasteiger partial charge in [-0.2, -0.15) is 15.0 Å². The number of aromatic carboxylic acids is 2. The molecule has 0 fully saturated rings. The Bertz CT molecular complexity index is 1080. The predicted molar refractivity (Wildman–Crippen MR) is 121 cm³/mol. The number of hydrogen-bond acceptors (Lipinski definition) is 8. The third kappa shape index (κ3) is 6.13. The number of rotatable bonds is 9. The Kier molecular flexibility index (Phi) is 7.10. The highest BCUT2D eigenvalue weighted by Gasteiger charge is 2.09. The van der Waals surface area contributed by atoms with E-state index in [-0.39, 0.29) is 29.0 Å². The van der Waals surface area contributed by atoms with Gasteiger partial charge in [0.2, 0.25) is 17.8 Å². The van der Waals surface area contributed by atoms with Crippen LogP contribution in [0.25, 0.3) is 0 Å². The molecule has 1 aromatic heterocycles. The van der Waals surface area contributed by atoms with Gasteiger partial charge in [-0.1, -0.05) is 12.2 Å². The van der Waals surface area contributed by atoms with Gasteiger partial charge in [-0.25, -0.2) is 9.59 Å². The summed E-state index contributed by atoms with van der Waals surface area (Å²) in [4.78, 5) is 35.0. The number of benzene rings is 2. The molecular formula is C22H20N6O4. The summed E-state index contributed by atoms with van der Waals surface area (Å²) in [6, 6.07) is 12.3. The molecule has 0 saturated carbocycles. The highest BCUT2D eigenvalue weighted by molar-refractivity contribution is 5.88. The number of hydrogen-bond donors (Lipinski definition) is 5. The lowest BCUT2D eigenvalue weighted by Gasteiger charge is -2.10. The van der Waals surface area contributed by atoms with E-state index in [1.54, 1.807) is 36.5 Å². The second-order valence-corrected chi connectivity index (χ2v) is 6.35. The van der Waals surface area contributed by atoms with Crippen LogP contribution in [0.2, 0.25) is 0 Å². The van der Waals surface area contributed by atoms with E-state index in [4.69, 9.17) is 10.2 Å². The van der Waals surface area contributed by atoms with Crippen LogP contribution >= 0.6 is 0 Å². The zero-order chi connectivity index (χ0) is 22.9. The normalized spacial score (nSPS) is 10.9. The summed E-state index contributed by atoms with van der Waals surface area (Å²) in [7, 11) is 0. The van der Waals surface area contributed by atoms with Crippen LogP contribution in [0.5, 0.6) is 0 Å². The first-order chi connectivity index (χ1) is 15.4. The summed E-state index contributed by atoms with van der Waals surface area (Å²) in [6.07, 6.45) is 7.14. The van der Waals surface area contributed by atoms with Crippen molar-refractivity contribution >= 4 is 41.2 Å². The SMILES string of the molecule is C/C=C\C=C/Nc1nc(Nc2ccc(C(=O)O)cc2)nc(Nc2ccc(C(=O)O)cc2)n1. The van der Waals surface area contributed by atoms with Gasteiger partial charge in [-0.3, -0.25) is 0 Å². The predicted octanol–water partition coefficient (Wildman–Crippen LogP) is 4.26. The maximum atomic E-state index is 11.0. The molecule has 32 heavy (non-hydrogen) atoms. The van der Waals surface area contributed by atoms with E-state index >= 15 is 0 Å². The molecular weight excluding hydrogens is 412 g/mol. The molecule has 10 nitrogen and oxygen atoms in total. The Morgan fingerprint density at radius 3 is 1.56 bits per heavy atom. The van der Waals surface area contributed by atoms with E-state index in [2.05, 4.69) is 30.9 Å².